The molecule has 0 saturated heterocycles. The first-order valence-corrected chi connectivity index (χ1v) is 6.17. The lowest BCUT2D eigenvalue weighted by molar-refractivity contribution is -0.137. The van der Waals surface area contributed by atoms with Crippen LogP contribution in [0.2, 0.25) is 0 Å². The van der Waals surface area contributed by atoms with Crippen molar-refractivity contribution in [3.63, 3.8) is 0 Å². The molecule has 20 heavy (non-hydrogen) atoms. The van der Waals surface area contributed by atoms with E-state index in [1.165, 1.54) is 12.1 Å². The average Bonchev–Trinajstić information content (AvgIpc) is 2.38. The summed E-state index contributed by atoms with van der Waals surface area (Å²) in [7, 11) is 0. The summed E-state index contributed by atoms with van der Waals surface area (Å²) in [6, 6.07) is 12.8. The Morgan fingerprint density at radius 2 is 1.55 bits per heavy atom. The SMILES string of the molecule is CC(=Nc1ccccc1C(F)(F)F)c1ccccc1C. The molecule has 0 unspecified atom stereocenters. The molecule has 0 aromatic heterocycles. The highest BCUT2D eigenvalue weighted by Crippen LogP contribution is 2.36. The molecular weight excluding hydrogens is 263 g/mol. The van der Waals surface area contributed by atoms with Gasteiger partial charge in [0.1, 0.15) is 0 Å². The number of alkyl halides is 3. The minimum absolute atomic E-state index is 0.0549. The van der Waals surface area contributed by atoms with E-state index in [-0.39, 0.29) is 5.69 Å². The van der Waals surface area contributed by atoms with Crippen LogP contribution in [0.3, 0.4) is 0 Å². The topological polar surface area (TPSA) is 12.4 Å². The first-order valence-electron chi connectivity index (χ1n) is 6.17. The van der Waals surface area contributed by atoms with Crippen LogP contribution in [0.4, 0.5) is 18.9 Å². The zero-order chi connectivity index (χ0) is 14.8. The van der Waals surface area contributed by atoms with E-state index in [1.807, 2.05) is 31.2 Å². The summed E-state index contributed by atoms with van der Waals surface area (Å²) in [6.07, 6.45) is -4.40. The first-order chi connectivity index (χ1) is 9.39. The highest BCUT2D eigenvalue weighted by molar-refractivity contribution is 6.01. The molecule has 0 fully saturated rings. The number of para-hydroxylation sites is 1. The fraction of sp³-hybridized carbons (Fsp3) is 0.188. The fourth-order valence-corrected chi connectivity index (χ4v) is 2.03. The third kappa shape index (κ3) is 3.07. The van der Waals surface area contributed by atoms with Crippen molar-refractivity contribution >= 4 is 11.4 Å². The second kappa shape index (κ2) is 5.49. The standard InChI is InChI=1S/C16H14F3N/c1-11-7-3-4-8-13(11)12(2)20-15-10-6-5-9-14(15)16(17,18)19/h3-10H,1-2H3. The van der Waals surface area contributed by atoms with Crippen LogP contribution in [0, 0.1) is 6.92 Å². The van der Waals surface area contributed by atoms with Crippen molar-refractivity contribution in [3.8, 4) is 0 Å². The number of halogens is 3. The van der Waals surface area contributed by atoms with E-state index in [9.17, 15) is 13.2 Å². The minimum Gasteiger partial charge on any atom is -0.252 e. The van der Waals surface area contributed by atoms with E-state index in [1.54, 1.807) is 13.0 Å². The van der Waals surface area contributed by atoms with E-state index in [4.69, 9.17) is 0 Å². The number of rotatable bonds is 2. The third-order valence-electron chi connectivity index (χ3n) is 3.03. The molecule has 0 aliphatic rings. The van der Waals surface area contributed by atoms with E-state index < -0.39 is 11.7 Å². The van der Waals surface area contributed by atoms with Gasteiger partial charge in [-0.05, 0) is 37.1 Å². The van der Waals surface area contributed by atoms with Crippen molar-refractivity contribution in [1.82, 2.24) is 0 Å². The lowest BCUT2D eigenvalue weighted by Gasteiger charge is -2.11. The van der Waals surface area contributed by atoms with Crippen molar-refractivity contribution < 1.29 is 13.2 Å². The molecule has 0 heterocycles. The summed E-state index contributed by atoms with van der Waals surface area (Å²) in [6.45, 7) is 3.62. The van der Waals surface area contributed by atoms with E-state index in [2.05, 4.69) is 4.99 Å². The lowest BCUT2D eigenvalue weighted by Crippen LogP contribution is -2.06. The summed E-state index contributed by atoms with van der Waals surface area (Å²) >= 11 is 0. The molecule has 0 spiro atoms. The molecular formula is C16H14F3N. The number of benzene rings is 2. The van der Waals surface area contributed by atoms with Crippen molar-refractivity contribution in [2.75, 3.05) is 0 Å². The van der Waals surface area contributed by atoms with Crippen LogP contribution in [-0.4, -0.2) is 5.71 Å². The van der Waals surface area contributed by atoms with Crippen LogP contribution >= 0.6 is 0 Å². The van der Waals surface area contributed by atoms with Crippen molar-refractivity contribution in [2.24, 2.45) is 4.99 Å². The second-order valence-corrected chi connectivity index (χ2v) is 4.53. The predicted molar refractivity (Wildman–Crippen MR) is 74.5 cm³/mol. The second-order valence-electron chi connectivity index (χ2n) is 4.53. The van der Waals surface area contributed by atoms with E-state index in [0.717, 1.165) is 17.2 Å². The number of nitrogens with zero attached hydrogens (tertiary/aromatic N) is 1. The molecule has 0 atom stereocenters. The zero-order valence-electron chi connectivity index (χ0n) is 11.2. The summed E-state index contributed by atoms with van der Waals surface area (Å²) in [5.41, 5.74) is 1.64. The Labute approximate surface area is 115 Å². The van der Waals surface area contributed by atoms with Crippen molar-refractivity contribution in [3.05, 3.63) is 65.2 Å². The molecule has 0 saturated carbocycles. The van der Waals surface area contributed by atoms with Gasteiger partial charge in [0.15, 0.2) is 0 Å². The minimum atomic E-state index is -4.40. The predicted octanol–water partition coefficient (Wildman–Crippen LogP) is 5.15. The molecule has 0 amide bonds. The first kappa shape index (κ1) is 14.3. The molecule has 0 N–H and O–H groups in total. The number of aryl methyl sites for hydroxylation is 1. The molecule has 2 aromatic rings. The molecule has 4 heteroatoms. The molecule has 2 aromatic carbocycles. The van der Waals surface area contributed by atoms with Crippen LogP contribution in [0.25, 0.3) is 0 Å². The van der Waals surface area contributed by atoms with Gasteiger partial charge in [-0.25, -0.2) is 0 Å². The highest BCUT2D eigenvalue weighted by Gasteiger charge is 2.33. The van der Waals surface area contributed by atoms with Gasteiger partial charge in [-0.2, -0.15) is 13.2 Å². The Balaban J connectivity index is 2.49. The maximum absolute atomic E-state index is 12.9. The van der Waals surface area contributed by atoms with Crippen LogP contribution < -0.4 is 0 Å². The normalized spacial score (nSPS) is 12.6. The van der Waals surface area contributed by atoms with Gasteiger partial charge >= 0.3 is 6.18 Å². The van der Waals surface area contributed by atoms with Crippen LogP contribution in [0.1, 0.15) is 23.6 Å². The molecule has 0 radical (unpaired) electrons. The van der Waals surface area contributed by atoms with Crippen LogP contribution in [-0.2, 0) is 6.18 Å². The number of aliphatic imine (C=N–C) groups is 1. The average molecular weight is 277 g/mol. The Bertz CT molecular complexity index is 642. The molecule has 0 aliphatic carbocycles. The Morgan fingerprint density at radius 1 is 0.950 bits per heavy atom. The summed E-state index contributed by atoms with van der Waals surface area (Å²) in [4.78, 5) is 4.15. The quantitative estimate of drug-likeness (QED) is 0.673. The van der Waals surface area contributed by atoms with Gasteiger partial charge in [0.05, 0.1) is 11.3 Å². The monoisotopic (exact) mass is 277 g/mol. The molecule has 0 bridgehead atoms. The molecule has 2 rings (SSSR count). The fourth-order valence-electron chi connectivity index (χ4n) is 2.03. The summed E-state index contributed by atoms with van der Waals surface area (Å²) in [5.74, 6) is 0. The Kier molecular flexibility index (Phi) is 3.93. The van der Waals surface area contributed by atoms with Gasteiger partial charge in [-0.15, -0.1) is 0 Å². The largest absolute Gasteiger partial charge is 0.418 e. The zero-order valence-corrected chi connectivity index (χ0v) is 11.2. The van der Waals surface area contributed by atoms with Gasteiger partial charge in [0.25, 0.3) is 0 Å². The molecule has 0 aliphatic heterocycles. The summed E-state index contributed by atoms with van der Waals surface area (Å²) in [5, 5.41) is 0. The maximum atomic E-state index is 12.9. The smallest absolute Gasteiger partial charge is 0.252 e. The highest BCUT2D eigenvalue weighted by atomic mass is 19.4. The van der Waals surface area contributed by atoms with Gasteiger partial charge in [0, 0.05) is 5.71 Å². The van der Waals surface area contributed by atoms with Gasteiger partial charge in [-0.3, -0.25) is 4.99 Å². The van der Waals surface area contributed by atoms with Crippen molar-refractivity contribution in [1.29, 1.82) is 0 Å². The maximum Gasteiger partial charge on any atom is 0.418 e. The van der Waals surface area contributed by atoms with Gasteiger partial charge < -0.3 is 0 Å². The third-order valence-corrected chi connectivity index (χ3v) is 3.03. The Hall–Kier alpha value is -2.10. The Morgan fingerprint density at radius 3 is 2.20 bits per heavy atom. The number of hydrogen-bond acceptors (Lipinski definition) is 1. The molecule has 1 nitrogen and oxygen atoms in total. The lowest BCUT2D eigenvalue weighted by atomic mass is 10.0. The van der Waals surface area contributed by atoms with Crippen LogP contribution in [0.5, 0.6) is 0 Å². The molecule has 104 valence electrons. The van der Waals surface area contributed by atoms with Crippen LogP contribution in [0.15, 0.2) is 53.5 Å². The van der Waals surface area contributed by atoms with E-state index in [0.29, 0.717) is 5.71 Å². The number of hydrogen-bond donors (Lipinski definition) is 0. The van der Waals surface area contributed by atoms with E-state index >= 15 is 0 Å². The van der Waals surface area contributed by atoms with Gasteiger partial charge in [-0.1, -0.05) is 36.4 Å². The van der Waals surface area contributed by atoms with Crippen molar-refractivity contribution in [2.45, 2.75) is 20.0 Å². The van der Waals surface area contributed by atoms with Gasteiger partial charge in [0.2, 0.25) is 0 Å². The summed E-state index contributed by atoms with van der Waals surface area (Å²) < 4.78 is 38.7.